The van der Waals surface area contributed by atoms with Crippen LogP contribution in [-0.4, -0.2) is 51.7 Å². The second-order valence-corrected chi connectivity index (χ2v) is 9.03. The summed E-state index contributed by atoms with van der Waals surface area (Å²) >= 11 is 0. The number of fused-ring (bicyclic) bond motifs is 4. The van der Waals surface area contributed by atoms with E-state index in [-0.39, 0.29) is 17.2 Å². The normalized spacial score (nSPS) is 19.2. The van der Waals surface area contributed by atoms with Crippen LogP contribution >= 0.6 is 0 Å². The molecular weight excluding hydrogens is 501 g/mol. The number of rotatable bonds is 4. The van der Waals surface area contributed by atoms with Crippen molar-refractivity contribution in [2.24, 2.45) is 0 Å². The lowest BCUT2D eigenvalue weighted by Crippen LogP contribution is -2.53. The Labute approximate surface area is 207 Å². The Bertz CT molecular complexity index is 1340. The lowest BCUT2D eigenvalue weighted by molar-refractivity contribution is -0.301. The number of carbonyl (C=O) groups is 2. The van der Waals surface area contributed by atoms with Gasteiger partial charge in [-0.05, 0) is 35.6 Å². The van der Waals surface area contributed by atoms with Crippen LogP contribution in [0.4, 0.5) is 32.6 Å². The van der Waals surface area contributed by atoms with Crippen LogP contribution in [0.3, 0.4) is 0 Å². The zero-order valence-electron chi connectivity index (χ0n) is 19.2. The predicted octanol–water partition coefficient (Wildman–Crippen LogP) is 5.87. The third kappa shape index (κ3) is 3.91. The summed E-state index contributed by atoms with van der Waals surface area (Å²) < 4.78 is 74.1. The van der Waals surface area contributed by atoms with Crippen molar-refractivity contribution in [2.45, 2.75) is 43.4 Å². The Morgan fingerprint density at radius 3 is 2.14 bits per heavy atom. The molecule has 1 amide bonds. The second kappa shape index (κ2) is 8.56. The van der Waals surface area contributed by atoms with E-state index >= 15 is 0 Å². The van der Waals surface area contributed by atoms with Crippen molar-refractivity contribution in [3.63, 3.8) is 0 Å². The van der Waals surface area contributed by atoms with Crippen LogP contribution in [0.25, 0.3) is 11.1 Å². The van der Waals surface area contributed by atoms with E-state index in [2.05, 4.69) is 5.10 Å². The highest BCUT2D eigenvalue weighted by Crippen LogP contribution is 2.49. The number of benzene rings is 2. The summed E-state index contributed by atoms with van der Waals surface area (Å²) in [5.74, 6) is -7.69. The van der Waals surface area contributed by atoms with Gasteiger partial charge in [0, 0.05) is 18.0 Å². The number of carboxylic acids is 1. The molecule has 2 heterocycles. The number of carboxylic acid groups (broad SMARTS) is 1. The zero-order chi connectivity index (χ0) is 26.7. The summed E-state index contributed by atoms with van der Waals surface area (Å²) in [7, 11) is 0. The number of amides is 1. The Hall–Kier alpha value is -3.96. The number of carbonyl (C=O) groups excluding carboxylic acids is 1. The molecular formula is C25H20F5N3O4. The molecule has 12 heteroatoms. The lowest BCUT2D eigenvalue weighted by Gasteiger charge is -2.40. The van der Waals surface area contributed by atoms with Crippen molar-refractivity contribution in [1.29, 1.82) is 0 Å². The Balaban J connectivity index is 1.46. The van der Waals surface area contributed by atoms with Gasteiger partial charge < -0.3 is 9.84 Å². The van der Waals surface area contributed by atoms with E-state index in [1.165, 1.54) is 6.92 Å². The van der Waals surface area contributed by atoms with Crippen LogP contribution < -0.4 is 4.90 Å². The van der Waals surface area contributed by atoms with Gasteiger partial charge in [0.25, 0.3) is 0 Å². The number of nitrogens with zero attached hydrogens (tertiary/aromatic N) is 3. The third-order valence-corrected chi connectivity index (χ3v) is 6.81. The molecule has 1 N–H and O–H groups in total. The van der Waals surface area contributed by atoms with Crippen molar-refractivity contribution >= 4 is 17.9 Å². The van der Waals surface area contributed by atoms with Gasteiger partial charge in [0.2, 0.25) is 0 Å². The average molecular weight is 521 g/mol. The molecule has 2 aromatic carbocycles. The Morgan fingerprint density at radius 1 is 1.03 bits per heavy atom. The Morgan fingerprint density at radius 2 is 1.59 bits per heavy atom. The summed E-state index contributed by atoms with van der Waals surface area (Å²) in [6.45, 7) is 1.16. The SMILES string of the molecule is CC1CC(C(F)(F)C(F)(F)F)n2nc(C(=O)O)cc2N1C(=O)OCC1c2ccccc2-c2ccccc21. The fourth-order valence-electron chi connectivity index (χ4n) is 5.08. The summed E-state index contributed by atoms with van der Waals surface area (Å²) in [5, 5.41) is 12.7. The van der Waals surface area contributed by atoms with Crippen LogP contribution in [0, 0.1) is 0 Å². The molecule has 0 spiro atoms. The van der Waals surface area contributed by atoms with Gasteiger partial charge in [-0.1, -0.05) is 48.5 Å². The van der Waals surface area contributed by atoms with Crippen molar-refractivity contribution < 1.29 is 41.4 Å². The van der Waals surface area contributed by atoms with E-state index in [9.17, 15) is 36.6 Å². The molecule has 0 radical (unpaired) electrons. The van der Waals surface area contributed by atoms with Gasteiger partial charge in [0.15, 0.2) is 5.69 Å². The van der Waals surface area contributed by atoms with Crippen LogP contribution in [-0.2, 0) is 4.74 Å². The summed E-state index contributed by atoms with van der Waals surface area (Å²) in [6, 6.07) is 12.2. The van der Waals surface area contributed by atoms with Crippen molar-refractivity contribution in [1.82, 2.24) is 9.78 Å². The van der Waals surface area contributed by atoms with Gasteiger partial charge >= 0.3 is 24.2 Å². The fraction of sp³-hybridized carbons (Fsp3) is 0.320. The minimum absolute atomic E-state index is 0.127. The molecule has 1 aromatic heterocycles. The molecule has 37 heavy (non-hydrogen) atoms. The zero-order valence-corrected chi connectivity index (χ0v) is 19.2. The molecule has 1 aliphatic heterocycles. The number of hydrogen-bond acceptors (Lipinski definition) is 4. The van der Waals surface area contributed by atoms with Crippen molar-refractivity contribution in [3.8, 4) is 11.1 Å². The average Bonchev–Trinajstić information content (AvgIpc) is 3.41. The van der Waals surface area contributed by atoms with E-state index in [1.807, 2.05) is 48.5 Å². The first-order chi connectivity index (χ1) is 17.4. The molecule has 0 saturated carbocycles. The van der Waals surface area contributed by atoms with Gasteiger partial charge in [-0.3, -0.25) is 4.90 Å². The molecule has 3 aromatic rings. The second-order valence-electron chi connectivity index (χ2n) is 9.03. The molecule has 194 valence electrons. The first-order valence-corrected chi connectivity index (χ1v) is 11.3. The number of anilines is 1. The maximum Gasteiger partial charge on any atom is 0.455 e. The molecule has 7 nitrogen and oxygen atoms in total. The van der Waals surface area contributed by atoms with Gasteiger partial charge in [-0.25, -0.2) is 14.3 Å². The van der Waals surface area contributed by atoms with E-state index in [0.29, 0.717) is 0 Å². The summed E-state index contributed by atoms with van der Waals surface area (Å²) in [5.41, 5.74) is 3.03. The first kappa shape index (κ1) is 24.7. The largest absolute Gasteiger partial charge is 0.476 e. The number of hydrogen-bond donors (Lipinski definition) is 1. The van der Waals surface area contributed by atoms with Gasteiger partial charge in [-0.15, -0.1) is 0 Å². The fourth-order valence-corrected chi connectivity index (χ4v) is 5.08. The lowest BCUT2D eigenvalue weighted by atomic mass is 9.98. The highest BCUT2D eigenvalue weighted by Gasteiger charge is 2.65. The van der Waals surface area contributed by atoms with Gasteiger partial charge in [0.1, 0.15) is 18.5 Å². The first-order valence-electron chi connectivity index (χ1n) is 11.3. The van der Waals surface area contributed by atoms with Gasteiger partial charge in [0.05, 0.1) is 0 Å². The van der Waals surface area contributed by atoms with Crippen LogP contribution in [0.1, 0.15) is 46.9 Å². The highest BCUT2D eigenvalue weighted by molar-refractivity contribution is 5.91. The van der Waals surface area contributed by atoms with Crippen molar-refractivity contribution in [2.75, 3.05) is 11.5 Å². The van der Waals surface area contributed by atoms with Crippen LogP contribution in [0.15, 0.2) is 54.6 Å². The van der Waals surface area contributed by atoms with Crippen molar-refractivity contribution in [3.05, 3.63) is 71.4 Å². The number of aromatic carboxylic acids is 1. The number of halogens is 5. The minimum atomic E-state index is -5.91. The van der Waals surface area contributed by atoms with E-state index in [4.69, 9.17) is 4.74 Å². The van der Waals surface area contributed by atoms with Crippen LogP contribution in [0.5, 0.6) is 0 Å². The smallest absolute Gasteiger partial charge is 0.455 e. The Kier molecular flexibility index (Phi) is 5.72. The standard InChI is InChI=1S/C25H20F5N3O4/c1-13-10-20(24(26,27)25(28,29)30)33-21(11-19(31-33)22(34)35)32(13)23(36)37-12-18-16-8-4-2-6-14(16)15-7-3-5-9-17(15)18/h2-9,11,13,18,20H,10,12H2,1H3,(H,34,35). The number of alkyl halides is 5. The summed E-state index contributed by atoms with van der Waals surface area (Å²) in [6.07, 6.45) is -7.75. The quantitative estimate of drug-likeness (QED) is 0.435. The molecule has 5 rings (SSSR count). The molecule has 1 aliphatic carbocycles. The molecule has 2 unspecified atom stereocenters. The van der Waals surface area contributed by atoms with E-state index in [1.54, 1.807) is 0 Å². The van der Waals surface area contributed by atoms with Gasteiger partial charge in [-0.2, -0.15) is 27.1 Å². The predicted molar refractivity (Wildman–Crippen MR) is 121 cm³/mol. The van der Waals surface area contributed by atoms with E-state index < -0.39 is 54.2 Å². The molecule has 2 aliphatic rings. The molecule has 0 fully saturated rings. The monoisotopic (exact) mass is 521 g/mol. The molecule has 0 saturated heterocycles. The minimum Gasteiger partial charge on any atom is -0.476 e. The number of aromatic nitrogens is 2. The highest BCUT2D eigenvalue weighted by atomic mass is 19.4. The number of ether oxygens (including phenoxy) is 1. The maximum absolute atomic E-state index is 14.4. The van der Waals surface area contributed by atoms with Crippen LogP contribution in [0.2, 0.25) is 0 Å². The maximum atomic E-state index is 14.4. The molecule has 2 atom stereocenters. The van der Waals surface area contributed by atoms with E-state index in [0.717, 1.165) is 33.2 Å². The topological polar surface area (TPSA) is 84.7 Å². The summed E-state index contributed by atoms with van der Waals surface area (Å²) in [4.78, 5) is 25.5. The third-order valence-electron chi connectivity index (χ3n) is 6.81. The molecule has 0 bridgehead atoms.